The van der Waals surface area contributed by atoms with Gasteiger partial charge in [0.25, 0.3) is 0 Å². The smallest absolute Gasteiger partial charge is 0.319 e. The van der Waals surface area contributed by atoms with Gasteiger partial charge in [-0.1, -0.05) is 12.1 Å². The third-order valence-electron chi connectivity index (χ3n) is 3.25. The highest BCUT2D eigenvalue weighted by atomic mass is 16.5. The minimum atomic E-state index is -0.172. The molecule has 0 spiro atoms. The zero-order valence-electron chi connectivity index (χ0n) is 11.2. The molecule has 1 aliphatic rings. The van der Waals surface area contributed by atoms with Crippen molar-refractivity contribution in [2.24, 2.45) is 5.73 Å². The Morgan fingerprint density at radius 2 is 2.26 bits per heavy atom. The molecular formula is C14H21N3O2. The Hall–Kier alpha value is -1.59. The lowest BCUT2D eigenvalue weighted by Gasteiger charge is -2.35. The van der Waals surface area contributed by atoms with Crippen molar-refractivity contribution in [2.75, 3.05) is 11.9 Å². The number of amides is 2. The highest BCUT2D eigenvalue weighted by Gasteiger charge is 2.30. The Balaban J connectivity index is 1.75. The lowest BCUT2D eigenvalue weighted by Crippen LogP contribution is -2.49. The van der Waals surface area contributed by atoms with Crippen LogP contribution in [0.4, 0.5) is 10.5 Å². The number of nitrogens with one attached hydrogen (secondary N) is 2. The van der Waals surface area contributed by atoms with E-state index in [0.717, 1.165) is 30.7 Å². The molecule has 0 radical (unpaired) electrons. The van der Waals surface area contributed by atoms with Gasteiger partial charge in [0.2, 0.25) is 0 Å². The number of anilines is 1. The van der Waals surface area contributed by atoms with Gasteiger partial charge >= 0.3 is 6.03 Å². The predicted octanol–water partition coefficient (Wildman–Crippen LogP) is 1.83. The van der Waals surface area contributed by atoms with Crippen LogP contribution in [-0.2, 0) is 11.3 Å². The topological polar surface area (TPSA) is 76.4 Å². The van der Waals surface area contributed by atoms with Gasteiger partial charge in [0, 0.05) is 24.9 Å². The van der Waals surface area contributed by atoms with Crippen LogP contribution in [0.3, 0.4) is 0 Å². The summed E-state index contributed by atoms with van der Waals surface area (Å²) in [6.45, 7) is 3.18. The minimum absolute atomic E-state index is 0.172. The van der Waals surface area contributed by atoms with Crippen molar-refractivity contribution >= 4 is 11.7 Å². The van der Waals surface area contributed by atoms with E-state index in [4.69, 9.17) is 10.5 Å². The highest BCUT2D eigenvalue weighted by Crippen LogP contribution is 2.23. The molecule has 1 aromatic carbocycles. The first-order valence-electron chi connectivity index (χ1n) is 6.69. The first-order valence-corrected chi connectivity index (χ1v) is 6.69. The summed E-state index contributed by atoms with van der Waals surface area (Å²) >= 11 is 0. The molecule has 2 rings (SSSR count). The van der Waals surface area contributed by atoms with E-state index in [1.54, 1.807) is 0 Å². The van der Waals surface area contributed by atoms with Crippen molar-refractivity contribution in [1.82, 2.24) is 5.32 Å². The zero-order chi connectivity index (χ0) is 13.7. The maximum Gasteiger partial charge on any atom is 0.319 e. The van der Waals surface area contributed by atoms with Gasteiger partial charge in [0.05, 0.1) is 6.10 Å². The second kappa shape index (κ2) is 6.54. The van der Waals surface area contributed by atoms with E-state index in [-0.39, 0.29) is 12.1 Å². The highest BCUT2D eigenvalue weighted by molar-refractivity contribution is 5.89. The molecule has 0 aliphatic heterocycles. The van der Waals surface area contributed by atoms with Crippen molar-refractivity contribution in [3.63, 3.8) is 0 Å². The Labute approximate surface area is 113 Å². The van der Waals surface area contributed by atoms with Crippen molar-refractivity contribution in [2.45, 2.75) is 38.5 Å². The molecule has 4 N–H and O–H groups in total. The molecule has 1 aromatic rings. The average Bonchev–Trinajstić information content (AvgIpc) is 2.36. The fourth-order valence-electron chi connectivity index (χ4n) is 2.18. The summed E-state index contributed by atoms with van der Waals surface area (Å²) in [5.74, 6) is 0. The molecule has 0 heterocycles. The number of hydrogen-bond donors (Lipinski definition) is 3. The van der Waals surface area contributed by atoms with Crippen molar-refractivity contribution < 1.29 is 9.53 Å². The van der Waals surface area contributed by atoms with Gasteiger partial charge in [-0.25, -0.2) is 4.79 Å². The number of ether oxygens (including phenoxy) is 1. The number of carbonyl (C=O) groups excluding carboxylic acids is 1. The van der Waals surface area contributed by atoms with Crippen LogP contribution in [0, 0.1) is 0 Å². The van der Waals surface area contributed by atoms with E-state index < -0.39 is 0 Å². The third-order valence-corrected chi connectivity index (χ3v) is 3.25. The Bertz CT molecular complexity index is 430. The first-order chi connectivity index (χ1) is 9.21. The Morgan fingerprint density at radius 1 is 1.47 bits per heavy atom. The normalized spacial score (nSPS) is 21.6. The van der Waals surface area contributed by atoms with Crippen LogP contribution < -0.4 is 16.4 Å². The van der Waals surface area contributed by atoms with Gasteiger partial charge in [-0.15, -0.1) is 0 Å². The van der Waals surface area contributed by atoms with Crippen molar-refractivity contribution in [3.05, 3.63) is 29.8 Å². The second-order valence-electron chi connectivity index (χ2n) is 4.75. The van der Waals surface area contributed by atoms with Gasteiger partial charge in [-0.2, -0.15) is 0 Å². The molecule has 5 nitrogen and oxygen atoms in total. The van der Waals surface area contributed by atoms with E-state index in [1.165, 1.54) is 0 Å². The molecule has 1 saturated carbocycles. The van der Waals surface area contributed by atoms with E-state index in [0.29, 0.717) is 12.6 Å². The molecule has 0 bridgehead atoms. The van der Waals surface area contributed by atoms with Crippen molar-refractivity contribution in [1.29, 1.82) is 0 Å². The summed E-state index contributed by atoms with van der Waals surface area (Å²) in [5, 5.41) is 5.75. The van der Waals surface area contributed by atoms with Crippen molar-refractivity contribution in [3.8, 4) is 0 Å². The number of carbonyl (C=O) groups is 1. The second-order valence-corrected chi connectivity index (χ2v) is 4.75. The monoisotopic (exact) mass is 263 g/mol. The van der Waals surface area contributed by atoms with E-state index in [1.807, 2.05) is 31.2 Å². The predicted molar refractivity (Wildman–Crippen MR) is 74.9 cm³/mol. The Kier molecular flexibility index (Phi) is 4.76. The minimum Gasteiger partial charge on any atom is -0.378 e. The fraction of sp³-hybridized carbons (Fsp3) is 0.500. The SMILES string of the molecule is CCOC1CC(NC(=O)Nc2cccc(CN)c2)C1. The molecular weight excluding hydrogens is 242 g/mol. The van der Waals surface area contributed by atoms with Crippen LogP contribution in [0.25, 0.3) is 0 Å². The molecule has 19 heavy (non-hydrogen) atoms. The van der Waals surface area contributed by atoms with Gasteiger partial charge in [0.1, 0.15) is 0 Å². The fourth-order valence-corrected chi connectivity index (χ4v) is 2.18. The van der Waals surface area contributed by atoms with Gasteiger partial charge < -0.3 is 21.1 Å². The van der Waals surface area contributed by atoms with Crippen LogP contribution >= 0.6 is 0 Å². The van der Waals surface area contributed by atoms with Crippen LogP contribution in [0.5, 0.6) is 0 Å². The number of urea groups is 1. The summed E-state index contributed by atoms with van der Waals surface area (Å²) in [4.78, 5) is 11.8. The quantitative estimate of drug-likeness (QED) is 0.758. The molecule has 2 amide bonds. The zero-order valence-corrected chi connectivity index (χ0v) is 11.2. The largest absolute Gasteiger partial charge is 0.378 e. The summed E-state index contributed by atoms with van der Waals surface area (Å²) in [7, 11) is 0. The molecule has 0 aromatic heterocycles. The average molecular weight is 263 g/mol. The van der Waals surface area contributed by atoms with E-state index in [2.05, 4.69) is 10.6 Å². The van der Waals surface area contributed by atoms with Crippen LogP contribution in [0.1, 0.15) is 25.3 Å². The Morgan fingerprint density at radius 3 is 2.95 bits per heavy atom. The summed E-state index contributed by atoms with van der Waals surface area (Å²) in [6, 6.07) is 7.59. The van der Waals surface area contributed by atoms with E-state index in [9.17, 15) is 4.79 Å². The van der Waals surface area contributed by atoms with Gasteiger partial charge in [0.15, 0.2) is 0 Å². The molecule has 1 aliphatic carbocycles. The number of benzene rings is 1. The lowest BCUT2D eigenvalue weighted by atomic mass is 9.89. The van der Waals surface area contributed by atoms with Crippen LogP contribution in [-0.4, -0.2) is 24.8 Å². The first kappa shape index (κ1) is 13.8. The van der Waals surface area contributed by atoms with Gasteiger partial charge in [-0.3, -0.25) is 0 Å². The summed E-state index contributed by atoms with van der Waals surface area (Å²) < 4.78 is 5.45. The molecule has 104 valence electrons. The summed E-state index contributed by atoms with van der Waals surface area (Å²) in [6.07, 6.45) is 2.09. The standard InChI is InChI=1S/C14H21N3O2/c1-2-19-13-7-12(8-13)17-14(18)16-11-5-3-4-10(6-11)9-15/h3-6,12-13H,2,7-9,15H2,1H3,(H2,16,17,18). The van der Waals surface area contributed by atoms with Gasteiger partial charge in [-0.05, 0) is 37.5 Å². The van der Waals surface area contributed by atoms with Crippen LogP contribution in [0.2, 0.25) is 0 Å². The van der Waals surface area contributed by atoms with Crippen LogP contribution in [0.15, 0.2) is 24.3 Å². The summed E-state index contributed by atoms with van der Waals surface area (Å²) in [5.41, 5.74) is 7.33. The molecule has 1 fully saturated rings. The molecule has 0 saturated heterocycles. The molecule has 5 heteroatoms. The number of hydrogen-bond acceptors (Lipinski definition) is 3. The number of rotatable bonds is 5. The molecule has 0 unspecified atom stereocenters. The third kappa shape index (κ3) is 3.94. The maximum atomic E-state index is 11.8. The van der Waals surface area contributed by atoms with E-state index >= 15 is 0 Å². The number of nitrogens with two attached hydrogens (primary N) is 1. The molecule has 0 atom stereocenters. The lowest BCUT2D eigenvalue weighted by molar-refractivity contribution is -0.00673. The maximum absolute atomic E-state index is 11.8.